The quantitative estimate of drug-likeness (QED) is 0.430. The average Bonchev–Trinajstić information content (AvgIpc) is 3.14. The number of rotatable bonds is 7. The van der Waals surface area contributed by atoms with Gasteiger partial charge in [-0.25, -0.2) is 0 Å². The third kappa shape index (κ3) is 6.19. The number of aliphatic hydroxyl groups is 1. The molecule has 0 unspecified atom stereocenters. The van der Waals surface area contributed by atoms with Crippen molar-refractivity contribution >= 4 is 34.9 Å². The Morgan fingerprint density at radius 3 is 2.55 bits per heavy atom. The van der Waals surface area contributed by atoms with Crippen LogP contribution < -0.4 is 0 Å². The summed E-state index contributed by atoms with van der Waals surface area (Å²) in [6.45, 7) is 2.23. The number of aromatic nitrogens is 3. The summed E-state index contributed by atoms with van der Waals surface area (Å²) in [4.78, 5) is 14.7. The van der Waals surface area contributed by atoms with Crippen LogP contribution in [0.5, 0.6) is 0 Å². The first-order valence-corrected chi connectivity index (χ1v) is 11.6. The molecule has 0 radical (unpaired) electrons. The number of unbranched alkanes of at least 4 members (excludes halogenated alkanes) is 3. The Kier molecular flexibility index (Phi) is 9.00. The molecule has 1 aliphatic heterocycles. The van der Waals surface area contributed by atoms with E-state index >= 15 is 0 Å². The summed E-state index contributed by atoms with van der Waals surface area (Å²) in [5.41, 5.74) is 3.21. The van der Waals surface area contributed by atoms with Gasteiger partial charge in [-0.1, -0.05) is 67.6 Å². The molecule has 7 nitrogen and oxygen atoms in total. The molecule has 2 aromatic carbocycles. The maximum Gasteiger partial charge on any atom is 0.303 e. The van der Waals surface area contributed by atoms with E-state index in [1.807, 2.05) is 41.0 Å². The van der Waals surface area contributed by atoms with Crippen LogP contribution in [0.3, 0.4) is 0 Å². The van der Waals surface area contributed by atoms with Gasteiger partial charge in [-0.2, -0.15) is 0 Å². The zero-order valence-corrected chi connectivity index (χ0v) is 19.9. The Morgan fingerprint density at radius 1 is 1.06 bits per heavy atom. The minimum Gasteiger partial charge on any atom is -0.481 e. The molecule has 0 bridgehead atoms. The zero-order chi connectivity index (χ0) is 23.8. The topological polar surface area (TPSA) is 101 Å². The van der Waals surface area contributed by atoms with Gasteiger partial charge in [0.25, 0.3) is 0 Å². The van der Waals surface area contributed by atoms with Crippen LogP contribution >= 0.6 is 23.2 Å². The first-order chi connectivity index (χ1) is 16.0. The number of carboxylic acids is 1. The maximum absolute atomic E-state index is 9.96. The van der Waals surface area contributed by atoms with Gasteiger partial charge >= 0.3 is 5.97 Å². The first kappa shape index (κ1) is 24.9. The molecular weight excluding hydrogens is 463 g/mol. The third-order valence-electron chi connectivity index (χ3n) is 5.14. The predicted octanol–water partition coefficient (Wildman–Crippen LogP) is 5.46. The highest BCUT2D eigenvalue weighted by atomic mass is 35.5. The van der Waals surface area contributed by atoms with Gasteiger partial charge in [-0.05, 0) is 30.7 Å². The van der Waals surface area contributed by atoms with E-state index < -0.39 is 5.97 Å². The molecule has 2 heterocycles. The standard InChI is InChI=1S/C17H12Cl2N4O.C7H14O2/c18-10-5-6-14-12(7-10)17(11-3-1-2-4-13(11)19)20-8-15-21-22-16(9-24)23(14)15;1-2-3-4-5-6-7(8)9/h1-7,24H,8-9H2;2-6H2,1H3,(H,8,9). The van der Waals surface area contributed by atoms with Crippen molar-refractivity contribution in [1.82, 2.24) is 14.8 Å². The number of aliphatic carboxylic acids is 1. The molecule has 0 spiro atoms. The summed E-state index contributed by atoms with van der Waals surface area (Å²) in [6.07, 6.45) is 4.55. The molecule has 0 fully saturated rings. The average molecular weight is 489 g/mol. The Balaban J connectivity index is 0.000000292. The van der Waals surface area contributed by atoms with Gasteiger partial charge in [0.05, 0.1) is 11.4 Å². The summed E-state index contributed by atoms with van der Waals surface area (Å²) < 4.78 is 1.82. The number of hydrogen-bond donors (Lipinski definition) is 2. The molecule has 4 rings (SSSR count). The molecule has 0 saturated carbocycles. The Morgan fingerprint density at radius 2 is 1.85 bits per heavy atom. The lowest BCUT2D eigenvalue weighted by Gasteiger charge is -2.14. The minimum atomic E-state index is -0.675. The summed E-state index contributed by atoms with van der Waals surface area (Å²) in [5, 5.41) is 27.2. The number of fused-ring (bicyclic) bond motifs is 3. The van der Waals surface area contributed by atoms with Crippen molar-refractivity contribution in [2.24, 2.45) is 4.99 Å². The number of nitrogens with zero attached hydrogens (tertiary/aromatic N) is 4. The number of carbonyl (C=O) groups is 1. The van der Waals surface area contributed by atoms with E-state index in [1.165, 1.54) is 6.42 Å². The lowest BCUT2D eigenvalue weighted by atomic mass is 10.0. The largest absolute Gasteiger partial charge is 0.481 e. The van der Waals surface area contributed by atoms with Crippen LogP contribution in [0.4, 0.5) is 0 Å². The summed E-state index contributed by atoms with van der Waals surface area (Å²) >= 11 is 12.6. The van der Waals surface area contributed by atoms with Gasteiger partial charge in [0, 0.05) is 27.6 Å². The van der Waals surface area contributed by atoms with Crippen LogP contribution in [0.1, 0.15) is 61.8 Å². The molecule has 3 aromatic rings. The fourth-order valence-electron chi connectivity index (χ4n) is 3.55. The van der Waals surface area contributed by atoms with Gasteiger partial charge in [-0.15, -0.1) is 10.2 Å². The second-order valence-electron chi connectivity index (χ2n) is 7.54. The van der Waals surface area contributed by atoms with Gasteiger partial charge in [-0.3, -0.25) is 14.4 Å². The van der Waals surface area contributed by atoms with Crippen LogP contribution in [-0.4, -0.2) is 36.7 Å². The first-order valence-electron chi connectivity index (χ1n) is 10.8. The predicted molar refractivity (Wildman–Crippen MR) is 129 cm³/mol. The normalized spacial score (nSPS) is 12.1. The van der Waals surface area contributed by atoms with Crippen molar-refractivity contribution in [2.75, 3.05) is 0 Å². The fraction of sp³-hybridized carbons (Fsp3) is 0.333. The van der Waals surface area contributed by atoms with Crippen LogP contribution in [0, 0.1) is 0 Å². The van der Waals surface area contributed by atoms with Crippen molar-refractivity contribution in [2.45, 2.75) is 52.2 Å². The van der Waals surface area contributed by atoms with Crippen LogP contribution in [0.15, 0.2) is 47.5 Å². The maximum atomic E-state index is 9.96. The fourth-order valence-corrected chi connectivity index (χ4v) is 3.95. The molecular formula is C24H26Cl2N4O3. The van der Waals surface area contributed by atoms with Crippen LogP contribution in [0.25, 0.3) is 5.69 Å². The number of aliphatic imine (C=N–C) groups is 1. The van der Waals surface area contributed by atoms with E-state index in [2.05, 4.69) is 17.1 Å². The molecule has 1 aliphatic rings. The van der Waals surface area contributed by atoms with E-state index in [4.69, 9.17) is 33.3 Å². The van der Waals surface area contributed by atoms with Crippen molar-refractivity contribution in [1.29, 1.82) is 0 Å². The summed E-state index contributed by atoms with van der Waals surface area (Å²) in [6, 6.07) is 13.1. The Hall–Kier alpha value is -2.74. The van der Waals surface area contributed by atoms with Crippen LogP contribution in [-0.2, 0) is 17.9 Å². The summed E-state index contributed by atoms with van der Waals surface area (Å²) in [5.74, 6) is 0.444. The monoisotopic (exact) mass is 488 g/mol. The molecule has 0 amide bonds. The van der Waals surface area contributed by atoms with E-state index in [0.29, 0.717) is 34.7 Å². The minimum absolute atomic E-state index is 0.212. The van der Waals surface area contributed by atoms with Gasteiger partial charge in [0.15, 0.2) is 11.6 Å². The number of benzene rings is 2. The SMILES string of the molecule is CCCCCCC(=O)O.OCc1nnc2n1-c1ccc(Cl)cc1C(c1ccccc1Cl)=NC2. The molecule has 174 valence electrons. The Bertz CT molecular complexity index is 1140. The van der Waals surface area contributed by atoms with E-state index in [1.54, 1.807) is 6.07 Å². The highest BCUT2D eigenvalue weighted by Crippen LogP contribution is 2.30. The van der Waals surface area contributed by atoms with Crippen molar-refractivity contribution < 1.29 is 15.0 Å². The van der Waals surface area contributed by atoms with E-state index in [-0.39, 0.29) is 6.61 Å². The van der Waals surface area contributed by atoms with Gasteiger partial charge in [0.1, 0.15) is 13.2 Å². The smallest absolute Gasteiger partial charge is 0.303 e. The summed E-state index contributed by atoms with van der Waals surface area (Å²) in [7, 11) is 0. The molecule has 33 heavy (non-hydrogen) atoms. The third-order valence-corrected chi connectivity index (χ3v) is 5.71. The molecule has 2 N–H and O–H groups in total. The second kappa shape index (κ2) is 11.9. The molecule has 0 saturated heterocycles. The highest BCUT2D eigenvalue weighted by molar-refractivity contribution is 6.36. The lowest BCUT2D eigenvalue weighted by Crippen LogP contribution is -2.10. The van der Waals surface area contributed by atoms with Crippen molar-refractivity contribution in [3.63, 3.8) is 0 Å². The molecule has 0 aliphatic carbocycles. The zero-order valence-electron chi connectivity index (χ0n) is 18.3. The number of hydrogen-bond acceptors (Lipinski definition) is 5. The molecule has 1 aromatic heterocycles. The second-order valence-corrected chi connectivity index (χ2v) is 8.38. The van der Waals surface area contributed by atoms with Crippen LogP contribution in [0.2, 0.25) is 10.0 Å². The van der Waals surface area contributed by atoms with E-state index in [0.717, 1.165) is 41.8 Å². The number of carboxylic acid groups (broad SMARTS) is 1. The van der Waals surface area contributed by atoms with E-state index in [9.17, 15) is 9.90 Å². The molecule has 9 heteroatoms. The lowest BCUT2D eigenvalue weighted by molar-refractivity contribution is -0.137. The van der Waals surface area contributed by atoms with Crippen molar-refractivity contribution in [3.05, 3.63) is 75.3 Å². The number of halogens is 2. The van der Waals surface area contributed by atoms with Gasteiger partial charge < -0.3 is 10.2 Å². The van der Waals surface area contributed by atoms with Gasteiger partial charge in [0.2, 0.25) is 0 Å². The Labute approximate surface area is 202 Å². The molecule has 0 atom stereocenters. The highest BCUT2D eigenvalue weighted by Gasteiger charge is 2.23. The number of aliphatic hydroxyl groups excluding tert-OH is 1. The van der Waals surface area contributed by atoms with Crippen molar-refractivity contribution in [3.8, 4) is 5.69 Å².